The van der Waals surface area contributed by atoms with Gasteiger partial charge in [-0.1, -0.05) is 36.4 Å². The molecule has 2 rings (SSSR count). The molecule has 1 amide bonds. The molecule has 2 aromatic carbocycles. The number of carbonyl (C=O) groups is 2. The van der Waals surface area contributed by atoms with Crippen LogP contribution < -0.4 is 14.8 Å². The lowest BCUT2D eigenvalue weighted by molar-refractivity contribution is -0.141. The number of benzene rings is 2. The Morgan fingerprint density at radius 2 is 1.60 bits per heavy atom. The first-order valence-corrected chi connectivity index (χ1v) is 7.81. The van der Waals surface area contributed by atoms with E-state index in [2.05, 4.69) is 5.32 Å². The number of carboxylic acids is 1. The molecule has 2 N–H and O–H groups in total. The summed E-state index contributed by atoms with van der Waals surface area (Å²) in [6.07, 6.45) is 0.177. The van der Waals surface area contributed by atoms with Gasteiger partial charge in [-0.05, 0) is 17.7 Å². The predicted molar refractivity (Wildman–Crippen MR) is 93.0 cm³/mol. The Hall–Kier alpha value is -3.02. The number of hydrogen-bond acceptors (Lipinski definition) is 4. The average molecular weight is 343 g/mol. The third-order valence-electron chi connectivity index (χ3n) is 3.78. The van der Waals surface area contributed by atoms with Crippen molar-refractivity contribution in [3.8, 4) is 11.5 Å². The second-order valence-electron chi connectivity index (χ2n) is 5.47. The monoisotopic (exact) mass is 343 g/mol. The highest BCUT2D eigenvalue weighted by atomic mass is 16.5. The Balaban J connectivity index is 2.11. The lowest BCUT2D eigenvalue weighted by atomic mass is 10.0. The number of ether oxygens (including phenoxy) is 2. The van der Waals surface area contributed by atoms with Gasteiger partial charge in [-0.2, -0.15) is 0 Å². The number of methoxy groups -OCH3 is 2. The van der Waals surface area contributed by atoms with E-state index in [9.17, 15) is 14.7 Å². The number of nitrogens with one attached hydrogen (secondary N) is 1. The van der Waals surface area contributed by atoms with Crippen molar-refractivity contribution < 1.29 is 24.2 Å². The van der Waals surface area contributed by atoms with Gasteiger partial charge in [-0.15, -0.1) is 0 Å². The summed E-state index contributed by atoms with van der Waals surface area (Å²) in [5, 5.41) is 12.0. The Labute approximate surface area is 146 Å². The van der Waals surface area contributed by atoms with Gasteiger partial charge in [-0.3, -0.25) is 4.79 Å². The molecule has 0 saturated carbocycles. The zero-order valence-electron chi connectivity index (χ0n) is 14.2. The molecule has 132 valence electrons. The highest BCUT2D eigenvalue weighted by molar-refractivity contribution is 5.86. The molecule has 1 atom stereocenters. The van der Waals surface area contributed by atoms with E-state index in [1.807, 2.05) is 30.3 Å². The smallest absolute Gasteiger partial charge is 0.326 e. The number of rotatable bonds is 8. The Bertz CT molecular complexity index is 708. The lowest BCUT2D eigenvalue weighted by Crippen LogP contribution is -2.43. The molecule has 0 spiro atoms. The van der Waals surface area contributed by atoms with Gasteiger partial charge in [0.15, 0.2) is 0 Å². The number of carboxylic acid groups (broad SMARTS) is 1. The van der Waals surface area contributed by atoms with Crippen molar-refractivity contribution in [3.63, 3.8) is 0 Å². The van der Waals surface area contributed by atoms with E-state index in [0.29, 0.717) is 17.1 Å². The summed E-state index contributed by atoms with van der Waals surface area (Å²) in [6, 6.07) is 13.4. The Morgan fingerprint density at radius 1 is 1.00 bits per heavy atom. The van der Waals surface area contributed by atoms with Crippen molar-refractivity contribution in [2.75, 3.05) is 14.2 Å². The highest BCUT2D eigenvalue weighted by Gasteiger charge is 2.22. The van der Waals surface area contributed by atoms with E-state index >= 15 is 0 Å². The molecule has 0 radical (unpaired) electrons. The second kappa shape index (κ2) is 8.73. The van der Waals surface area contributed by atoms with E-state index in [0.717, 1.165) is 5.56 Å². The van der Waals surface area contributed by atoms with E-state index in [-0.39, 0.29) is 12.8 Å². The van der Waals surface area contributed by atoms with Crippen LogP contribution in [-0.2, 0) is 22.4 Å². The standard InChI is InChI=1S/C19H21NO5/c1-24-16-9-6-10-17(25-2)14(16)12-18(21)20-15(19(22)23)11-13-7-4-3-5-8-13/h3-10,15H,11-12H2,1-2H3,(H,20,21)(H,22,23)/t15-/m0/s1. The van der Waals surface area contributed by atoms with Gasteiger partial charge in [0.25, 0.3) is 0 Å². The van der Waals surface area contributed by atoms with Crippen LogP contribution in [0.3, 0.4) is 0 Å². The molecule has 0 heterocycles. The SMILES string of the molecule is COc1cccc(OC)c1CC(=O)N[C@@H](Cc1ccccc1)C(=O)O. The van der Waals surface area contributed by atoms with E-state index < -0.39 is 17.9 Å². The minimum absolute atomic E-state index is 0.0360. The lowest BCUT2D eigenvalue weighted by Gasteiger charge is -2.16. The summed E-state index contributed by atoms with van der Waals surface area (Å²) >= 11 is 0. The fraction of sp³-hybridized carbons (Fsp3) is 0.263. The van der Waals surface area contributed by atoms with Crippen LogP contribution in [0, 0.1) is 0 Å². The summed E-state index contributed by atoms with van der Waals surface area (Å²) in [5.41, 5.74) is 1.42. The van der Waals surface area contributed by atoms with Crippen LogP contribution in [0.25, 0.3) is 0 Å². The first-order valence-electron chi connectivity index (χ1n) is 7.81. The van der Waals surface area contributed by atoms with Gasteiger partial charge in [0, 0.05) is 12.0 Å². The van der Waals surface area contributed by atoms with Crippen LogP contribution in [0.2, 0.25) is 0 Å². The Kier molecular flexibility index (Phi) is 6.39. The molecule has 0 aliphatic rings. The van der Waals surface area contributed by atoms with Crippen molar-refractivity contribution in [2.45, 2.75) is 18.9 Å². The molecular weight excluding hydrogens is 322 g/mol. The summed E-state index contributed by atoms with van der Waals surface area (Å²) in [5.74, 6) is -0.454. The predicted octanol–water partition coefficient (Wildman–Crippen LogP) is 2.06. The molecule has 0 aromatic heterocycles. The highest BCUT2D eigenvalue weighted by Crippen LogP contribution is 2.28. The van der Waals surface area contributed by atoms with Crippen molar-refractivity contribution in [3.05, 3.63) is 59.7 Å². The third kappa shape index (κ3) is 4.97. The molecular formula is C19H21NO5. The van der Waals surface area contributed by atoms with Gasteiger partial charge >= 0.3 is 5.97 Å². The molecule has 6 nitrogen and oxygen atoms in total. The fourth-order valence-corrected chi connectivity index (χ4v) is 2.56. The van der Waals surface area contributed by atoms with Crippen LogP contribution in [0.4, 0.5) is 0 Å². The molecule has 25 heavy (non-hydrogen) atoms. The van der Waals surface area contributed by atoms with E-state index in [4.69, 9.17) is 9.47 Å². The third-order valence-corrected chi connectivity index (χ3v) is 3.78. The molecule has 0 bridgehead atoms. The van der Waals surface area contributed by atoms with Crippen molar-refractivity contribution >= 4 is 11.9 Å². The first kappa shape index (κ1) is 18.3. The zero-order chi connectivity index (χ0) is 18.2. The molecule has 0 fully saturated rings. The number of hydrogen-bond donors (Lipinski definition) is 2. The number of carbonyl (C=O) groups excluding carboxylic acids is 1. The summed E-state index contributed by atoms with van der Waals surface area (Å²) in [4.78, 5) is 23.8. The van der Waals surface area contributed by atoms with Gasteiger partial charge in [0.05, 0.1) is 20.6 Å². The van der Waals surface area contributed by atoms with Crippen LogP contribution in [-0.4, -0.2) is 37.2 Å². The maximum Gasteiger partial charge on any atom is 0.326 e. The number of aliphatic carboxylic acids is 1. The molecule has 0 unspecified atom stereocenters. The summed E-state index contributed by atoms with van der Waals surface area (Å²) < 4.78 is 10.5. The van der Waals surface area contributed by atoms with Crippen LogP contribution >= 0.6 is 0 Å². The fourth-order valence-electron chi connectivity index (χ4n) is 2.56. The quantitative estimate of drug-likeness (QED) is 0.766. The molecule has 6 heteroatoms. The van der Waals surface area contributed by atoms with Crippen LogP contribution in [0.5, 0.6) is 11.5 Å². The van der Waals surface area contributed by atoms with Gasteiger partial charge in [0.2, 0.25) is 5.91 Å². The minimum atomic E-state index is -1.08. The molecule has 0 aliphatic heterocycles. The van der Waals surface area contributed by atoms with Crippen LogP contribution in [0.1, 0.15) is 11.1 Å². The van der Waals surface area contributed by atoms with Crippen LogP contribution in [0.15, 0.2) is 48.5 Å². The van der Waals surface area contributed by atoms with Crippen molar-refractivity contribution in [1.82, 2.24) is 5.32 Å². The maximum atomic E-state index is 12.4. The van der Waals surface area contributed by atoms with Gasteiger partial charge in [0.1, 0.15) is 17.5 Å². The first-order chi connectivity index (χ1) is 12.0. The maximum absolute atomic E-state index is 12.4. The zero-order valence-corrected chi connectivity index (χ0v) is 14.2. The Morgan fingerprint density at radius 3 is 2.12 bits per heavy atom. The van der Waals surface area contributed by atoms with Gasteiger partial charge < -0.3 is 19.9 Å². The summed E-state index contributed by atoms with van der Waals surface area (Å²) in [7, 11) is 3.01. The molecule has 0 aliphatic carbocycles. The van der Waals surface area contributed by atoms with E-state index in [1.165, 1.54) is 14.2 Å². The van der Waals surface area contributed by atoms with Gasteiger partial charge in [-0.25, -0.2) is 4.79 Å². The summed E-state index contributed by atoms with van der Waals surface area (Å²) in [6.45, 7) is 0. The average Bonchev–Trinajstić information content (AvgIpc) is 2.62. The second-order valence-corrected chi connectivity index (χ2v) is 5.47. The minimum Gasteiger partial charge on any atom is -0.496 e. The number of amides is 1. The topological polar surface area (TPSA) is 84.9 Å². The van der Waals surface area contributed by atoms with Crippen molar-refractivity contribution in [1.29, 1.82) is 0 Å². The normalized spacial score (nSPS) is 11.4. The molecule has 0 saturated heterocycles. The van der Waals surface area contributed by atoms with Crippen molar-refractivity contribution in [2.24, 2.45) is 0 Å². The van der Waals surface area contributed by atoms with E-state index in [1.54, 1.807) is 18.2 Å². The largest absolute Gasteiger partial charge is 0.496 e. The molecule has 2 aromatic rings.